The monoisotopic (exact) mass is 450 g/mol. The fourth-order valence-electron chi connectivity index (χ4n) is 3.71. The van der Waals surface area contributed by atoms with Gasteiger partial charge in [0.15, 0.2) is 17.5 Å². The Kier molecular flexibility index (Phi) is 6.35. The summed E-state index contributed by atoms with van der Waals surface area (Å²) in [5.74, 6) is -0.355. The number of pyridine rings is 2. The molecule has 3 aromatic heterocycles. The van der Waals surface area contributed by atoms with E-state index >= 15 is 0 Å². The first-order chi connectivity index (χ1) is 16.0. The molecule has 3 aromatic rings. The van der Waals surface area contributed by atoms with Crippen molar-refractivity contribution in [3.8, 4) is 11.8 Å². The average Bonchev–Trinajstić information content (AvgIpc) is 3.50. The summed E-state index contributed by atoms with van der Waals surface area (Å²) in [7, 11) is 0. The number of nitrogens with one attached hydrogen (secondary N) is 3. The number of hydrogen-bond acceptors (Lipinski definition) is 7. The van der Waals surface area contributed by atoms with Gasteiger partial charge in [0.2, 0.25) is 0 Å². The Bertz CT molecular complexity index is 1170. The highest BCUT2D eigenvalue weighted by molar-refractivity contribution is 5.67. The zero-order valence-corrected chi connectivity index (χ0v) is 17.9. The van der Waals surface area contributed by atoms with Gasteiger partial charge >= 0.3 is 6.09 Å². The van der Waals surface area contributed by atoms with E-state index in [1.165, 1.54) is 0 Å². The summed E-state index contributed by atoms with van der Waals surface area (Å²) in [6, 6.07) is 5.90. The van der Waals surface area contributed by atoms with Crippen molar-refractivity contribution in [2.45, 2.75) is 38.3 Å². The maximum atomic E-state index is 14.8. The summed E-state index contributed by atoms with van der Waals surface area (Å²) in [6.45, 7) is 1.87. The molecule has 1 fully saturated rings. The third-order valence-electron chi connectivity index (χ3n) is 5.47. The van der Waals surface area contributed by atoms with Gasteiger partial charge in [-0.2, -0.15) is 10.4 Å². The topological polar surface area (TPSA) is 141 Å². The molecule has 0 spiro atoms. The van der Waals surface area contributed by atoms with Crippen LogP contribution >= 0.6 is 0 Å². The molecule has 1 amide bonds. The minimum absolute atomic E-state index is 0.0289. The van der Waals surface area contributed by atoms with Gasteiger partial charge < -0.3 is 21.1 Å². The van der Waals surface area contributed by atoms with Crippen LogP contribution in [0.1, 0.15) is 31.7 Å². The molecule has 0 unspecified atom stereocenters. The highest BCUT2D eigenvalue weighted by Gasteiger charge is 2.37. The van der Waals surface area contributed by atoms with Gasteiger partial charge in [-0.3, -0.25) is 4.98 Å². The van der Waals surface area contributed by atoms with Gasteiger partial charge in [0.1, 0.15) is 6.07 Å². The van der Waals surface area contributed by atoms with Crippen molar-refractivity contribution in [2.75, 3.05) is 10.6 Å². The highest BCUT2D eigenvalue weighted by Crippen LogP contribution is 2.37. The molecule has 3 heterocycles. The zero-order chi connectivity index (χ0) is 23.4. The van der Waals surface area contributed by atoms with E-state index in [0.29, 0.717) is 17.8 Å². The van der Waals surface area contributed by atoms with E-state index in [1.807, 2.05) is 13.0 Å². The lowest BCUT2D eigenvalue weighted by molar-refractivity contribution is 0.187. The van der Waals surface area contributed by atoms with Crippen molar-refractivity contribution in [2.24, 2.45) is 5.92 Å². The lowest BCUT2D eigenvalue weighted by atomic mass is 10.0. The SMILES string of the molecule is CC[C@H](NC(=O)O)[C@@H](Nc1nc(Nc2cncc(-n3cccn3)c2)c(C#N)cc1F)C1CC1. The molecule has 2 atom stereocenters. The van der Waals surface area contributed by atoms with E-state index in [-0.39, 0.29) is 29.2 Å². The lowest BCUT2D eigenvalue weighted by Gasteiger charge is -2.28. The van der Waals surface area contributed by atoms with Crippen LogP contribution in [0.5, 0.6) is 0 Å². The predicted octanol–water partition coefficient (Wildman–Crippen LogP) is 3.65. The Labute approximate surface area is 189 Å². The number of halogens is 1. The first-order valence-electron chi connectivity index (χ1n) is 10.6. The molecule has 0 radical (unpaired) electrons. The lowest BCUT2D eigenvalue weighted by Crippen LogP contribution is -2.47. The van der Waals surface area contributed by atoms with Crippen LogP contribution in [0.4, 0.5) is 26.5 Å². The fourth-order valence-corrected chi connectivity index (χ4v) is 3.71. The van der Waals surface area contributed by atoms with Crippen molar-refractivity contribution in [3.63, 3.8) is 0 Å². The predicted molar refractivity (Wildman–Crippen MR) is 119 cm³/mol. The van der Waals surface area contributed by atoms with Crippen LogP contribution in [0.3, 0.4) is 0 Å². The molecule has 170 valence electrons. The molecule has 10 nitrogen and oxygen atoms in total. The molecular formula is C22H23FN8O2. The zero-order valence-electron chi connectivity index (χ0n) is 17.9. The Morgan fingerprint density at radius 1 is 1.36 bits per heavy atom. The van der Waals surface area contributed by atoms with Crippen molar-refractivity contribution >= 4 is 23.4 Å². The summed E-state index contributed by atoms with van der Waals surface area (Å²) in [5.41, 5.74) is 1.27. The molecule has 1 saturated carbocycles. The number of amides is 1. The number of anilines is 3. The maximum absolute atomic E-state index is 14.8. The number of rotatable bonds is 9. The molecule has 4 N–H and O–H groups in total. The Hall–Kier alpha value is -4.20. The third-order valence-corrected chi connectivity index (χ3v) is 5.47. The molecule has 33 heavy (non-hydrogen) atoms. The van der Waals surface area contributed by atoms with Gasteiger partial charge in [-0.05, 0) is 43.4 Å². The van der Waals surface area contributed by atoms with E-state index in [0.717, 1.165) is 18.9 Å². The summed E-state index contributed by atoms with van der Waals surface area (Å²) < 4.78 is 16.4. The smallest absolute Gasteiger partial charge is 0.404 e. The van der Waals surface area contributed by atoms with Crippen molar-refractivity contribution in [3.05, 3.63) is 54.4 Å². The summed E-state index contributed by atoms with van der Waals surface area (Å²) >= 11 is 0. The molecule has 0 bridgehead atoms. The fraction of sp³-hybridized carbons (Fsp3) is 0.318. The molecule has 4 rings (SSSR count). The molecule has 0 aromatic carbocycles. The van der Waals surface area contributed by atoms with Crippen molar-refractivity contribution < 1.29 is 14.3 Å². The Morgan fingerprint density at radius 3 is 2.82 bits per heavy atom. The van der Waals surface area contributed by atoms with E-state index in [1.54, 1.807) is 41.6 Å². The van der Waals surface area contributed by atoms with E-state index in [9.17, 15) is 14.4 Å². The van der Waals surface area contributed by atoms with Gasteiger partial charge in [0.05, 0.1) is 41.4 Å². The highest BCUT2D eigenvalue weighted by atomic mass is 19.1. The van der Waals surface area contributed by atoms with Crippen molar-refractivity contribution in [1.29, 1.82) is 5.26 Å². The molecular weight excluding hydrogens is 427 g/mol. The molecule has 0 aliphatic heterocycles. The first kappa shape index (κ1) is 22.0. The van der Waals surface area contributed by atoms with Crippen LogP contribution in [-0.4, -0.2) is 43.0 Å². The normalized spacial score (nSPS) is 14.7. The van der Waals surface area contributed by atoms with Gasteiger partial charge in [0.25, 0.3) is 0 Å². The summed E-state index contributed by atoms with van der Waals surface area (Å²) in [4.78, 5) is 19.7. The minimum Gasteiger partial charge on any atom is -0.465 e. The van der Waals surface area contributed by atoms with E-state index in [4.69, 9.17) is 5.11 Å². The number of carbonyl (C=O) groups is 1. The second kappa shape index (κ2) is 9.52. The van der Waals surface area contributed by atoms with Crippen LogP contribution < -0.4 is 16.0 Å². The third kappa shape index (κ3) is 5.17. The summed E-state index contributed by atoms with van der Waals surface area (Å²) in [5, 5.41) is 31.5. The van der Waals surface area contributed by atoms with Crippen LogP contribution in [0.25, 0.3) is 5.69 Å². The van der Waals surface area contributed by atoms with Crippen molar-refractivity contribution in [1.82, 2.24) is 25.1 Å². The first-order valence-corrected chi connectivity index (χ1v) is 10.6. The average molecular weight is 450 g/mol. The number of nitriles is 1. The molecule has 1 aliphatic carbocycles. The quantitative estimate of drug-likeness (QED) is 0.387. The second-order valence-corrected chi connectivity index (χ2v) is 7.81. The summed E-state index contributed by atoms with van der Waals surface area (Å²) in [6.07, 6.45) is 7.86. The second-order valence-electron chi connectivity index (χ2n) is 7.81. The molecule has 1 aliphatic rings. The number of aromatic nitrogens is 4. The number of carboxylic acid groups (broad SMARTS) is 1. The van der Waals surface area contributed by atoms with Gasteiger partial charge in [0, 0.05) is 12.4 Å². The Morgan fingerprint density at radius 2 is 2.18 bits per heavy atom. The molecule has 11 heteroatoms. The van der Waals surface area contributed by atoms with Crippen LogP contribution in [0.15, 0.2) is 43.0 Å². The van der Waals surface area contributed by atoms with Crippen LogP contribution in [0, 0.1) is 23.1 Å². The maximum Gasteiger partial charge on any atom is 0.404 e. The number of nitrogens with zero attached hydrogens (tertiary/aromatic N) is 5. The molecule has 0 saturated heterocycles. The van der Waals surface area contributed by atoms with Gasteiger partial charge in [-0.1, -0.05) is 6.92 Å². The van der Waals surface area contributed by atoms with Crippen LogP contribution in [0.2, 0.25) is 0 Å². The largest absolute Gasteiger partial charge is 0.465 e. The van der Waals surface area contributed by atoms with E-state index in [2.05, 4.69) is 31.0 Å². The van der Waals surface area contributed by atoms with E-state index < -0.39 is 18.0 Å². The van der Waals surface area contributed by atoms with Gasteiger partial charge in [-0.15, -0.1) is 0 Å². The standard InChI is InChI=1S/C22H23FN8O2/c1-2-18(28-22(32)33)19(13-4-5-13)29-21-17(23)8-14(10-24)20(30-21)27-15-9-16(12-25-11-15)31-7-3-6-26-31/h3,6-9,11-13,18-19,28H,2,4-5H2,1H3,(H,32,33)(H2,27,29,30)/t18-,19-/m0/s1. The van der Waals surface area contributed by atoms with Gasteiger partial charge in [-0.25, -0.2) is 18.9 Å². The Balaban J connectivity index is 1.62. The van der Waals surface area contributed by atoms with Crippen LogP contribution in [-0.2, 0) is 0 Å². The number of hydrogen-bond donors (Lipinski definition) is 4. The minimum atomic E-state index is -1.13.